The number of hydrogen-bond acceptors (Lipinski definition) is 4. The Morgan fingerprint density at radius 2 is 1.72 bits per heavy atom. The third kappa shape index (κ3) is 3.47. The van der Waals surface area contributed by atoms with E-state index in [0.29, 0.717) is 17.2 Å². The summed E-state index contributed by atoms with van der Waals surface area (Å²) < 4.78 is 10.9. The fourth-order valence-electron chi connectivity index (χ4n) is 4.29. The second-order valence-corrected chi connectivity index (χ2v) is 8.53. The molecule has 2 aliphatic rings. The van der Waals surface area contributed by atoms with Crippen LogP contribution in [0.25, 0.3) is 11.1 Å². The summed E-state index contributed by atoms with van der Waals surface area (Å²) in [5.41, 5.74) is 4.86. The van der Waals surface area contributed by atoms with Gasteiger partial charge in [0, 0.05) is 5.69 Å². The van der Waals surface area contributed by atoms with E-state index in [-0.39, 0.29) is 18.3 Å². The Kier molecular flexibility index (Phi) is 4.66. The van der Waals surface area contributed by atoms with Crippen molar-refractivity contribution in [1.82, 2.24) is 0 Å². The first kappa shape index (κ1) is 20.1. The lowest BCUT2D eigenvalue weighted by atomic mass is 9.93. The van der Waals surface area contributed by atoms with Crippen molar-refractivity contribution < 1.29 is 24.2 Å². The number of fused-ring (bicyclic) bond motifs is 1. The van der Waals surface area contributed by atoms with Gasteiger partial charge in [-0.25, -0.2) is 4.79 Å². The summed E-state index contributed by atoms with van der Waals surface area (Å²) in [6.45, 7) is 4.05. The summed E-state index contributed by atoms with van der Waals surface area (Å²) in [5.74, 6) is 0.359. The molecule has 0 atom stereocenters. The largest absolute Gasteiger partial charge is 0.478 e. The van der Waals surface area contributed by atoms with E-state index in [1.807, 2.05) is 56.3 Å². The van der Waals surface area contributed by atoms with Crippen LogP contribution < -0.4 is 14.8 Å². The lowest BCUT2D eigenvalue weighted by molar-refractivity contribution is -0.118. The first-order chi connectivity index (χ1) is 15.4. The molecule has 0 spiro atoms. The van der Waals surface area contributed by atoms with Crippen LogP contribution in [-0.2, 0) is 10.2 Å². The minimum atomic E-state index is -0.962. The van der Waals surface area contributed by atoms with Crippen molar-refractivity contribution in [2.45, 2.75) is 32.1 Å². The van der Waals surface area contributed by atoms with Crippen LogP contribution in [0.3, 0.4) is 0 Å². The average molecular weight is 429 g/mol. The van der Waals surface area contributed by atoms with Gasteiger partial charge >= 0.3 is 5.97 Å². The van der Waals surface area contributed by atoms with Crippen LogP contribution in [0.4, 0.5) is 5.69 Å². The number of benzene rings is 3. The predicted molar refractivity (Wildman–Crippen MR) is 120 cm³/mol. The van der Waals surface area contributed by atoms with Crippen LogP contribution in [0.2, 0.25) is 0 Å². The second kappa shape index (κ2) is 7.41. The molecule has 6 nitrogen and oxygen atoms in total. The van der Waals surface area contributed by atoms with Crippen molar-refractivity contribution in [2.75, 3.05) is 12.1 Å². The van der Waals surface area contributed by atoms with Crippen LogP contribution >= 0.6 is 0 Å². The average Bonchev–Trinajstić information content (AvgIpc) is 3.45. The smallest absolute Gasteiger partial charge is 0.335 e. The Labute approximate surface area is 185 Å². The minimum absolute atomic E-state index is 0.0540. The number of ether oxygens (including phenoxy) is 2. The summed E-state index contributed by atoms with van der Waals surface area (Å²) in [5, 5.41) is 12.5. The molecule has 6 heteroatoms. The van der Waals surface area contributed by atoms with Crippen molar-refractivity contribution in [2.24, 2.45) is 0 Å². The van der Waals surface area contributed by atoms with Gasteiger partial charge in [0.05, 0.1) is 11.0 Å². The van der Waals surface area contributed by atoms with Crippen molar-refractivity contribution >= 4 is 17.6 Å². The van der Waals surface area contributed by atoms with E-state index in [9.17, 15) is 14.7 Å². The fraction of sp³-hybridized carbons (Fsp3) is 0.231. The van der Waals surface area contributed by atoms with Gasteiger partial charge in [0.25, 0.3) is 0 Å². The molecule has 1 fully saturated rings. The van der Waals surface area contributed by atoms with E-state index in [0.717, 1.165) is 40.7 Å². The lowest BCUT2D eigenvalue weighted by Gasteiger charge is -2.17. The molecule has 2 N–H and O–H groups in total. The van der Waals surface area contributed by atoms with E-state index >= 15 is 0 Å². The number of carboxylic acids is 1. The maximum absolute atomic E-state index is 13.3. The third-order valence-electron chi connectivity index (χ3n) is 6.24. The number of aromatic carboxylic acids is 1. The van der Waals surface area contributed by atoms with Crippen molar-refractivity contribution in [3.05, 3.63) is 76.9 Å². The van der Waals surface area contributed by atoms with Crippen molar-refractivity contribution in [3.8, 4) is 22.6 Å². The highest BCUT2D eigenvalue weighted by molar-refractivity contribution is 6.02. The van der Waals surface area contributed by atoms with Gasteiger partial charge in [0.2, 0.25) is 12.7 Å². The van der Waals surface area contributed by atoms with E-state index in [1.165, 1.54) is 0 Å². The number of amides is 1. The molecule has 0 unspecified atom stereocenters. The van der Waals surface area contributed by atoms with E-state index < -0.39 is 11.4 Å². The summed E-state index contributed by atoms with van der Waals surface area (Å²) in [4.78, 5) is 24.7. The normalized spacial score (nSPS) is 15.3. The number of anilines is 1. The van der Waals surface area contributed by atoms with Gasteiger partial charge in [-0.15, -0.1) is 0 Å². The van der Waals surface area contributed by atoms with Gasteiger partial charge in [-0.05, 0) is 90.9 Å². The monoisotopic (exact) mass is 429 g/mol. The predicted octanol–water partition coefficient (Wildman–Crippen LogP) is 5.07. The zero-order chi connectivity index (χ0) is 22.5. The molecule has 0 radical (unpaired) electrons. The molecular formula is C26H23NO5. The second-order valence-electron chi connectivity index (χ2n) is 8.53. The van der Waals surface area contributed by atoms with Crippen LogP contribution in [0.15, 0.2) is 54.6 Å². The highest BCUT2D eigenvalue weighted by Crippen LogP contribution is 2.51. The molecule has 1 aliphatic carbocycles. The number of carbonyl (C=O) groups is 2. The van der Waals surface area contributed by atoms with Gasteiger partial charge in [0.15, 0.2) is 11.5 Å². The van der Waals surface area contributed by atoms with Crippen molar-refractivity contribution in [3.63, 3.8) is 0 Å². The zero-order valence-corrected chi connectivity index (χ0v) is 17.9. The van der Waals surface area contributed by atoms with Gasteiger partial charge in [-0.3, -0.25) is 4.79 Å². The maximum Gasteiger partial charge on any atom is 0.335 e. The number of hydrogen-bond donors (Lipinski definition) is 2. The number of rotatable bonds is 5. The lowest BCUT2D eigenvalue weighted by Crippen LogP contribution is -2.27. The topological polar surface area (TPSA) is 84.9 Å². The standard InChI is InChI=1S/C26H23NO5/c1-15-9-17(11-18(10-15)24(28)29)21-13-20(5-3-16(21)2)27-25(30)26(7-8-26)19-4-6-22-23(12-19)32-14-31-22/h3-6,9-13H,7-8,14H2,1-2H3,(H,27,30)(H,28,29). The van der Waals surface area contributed by atoms with Gasteiger partial charge in [-0.1, -0.05) is 18.2 Å². The highest BCUT2D eigenvalue weighted by atomic mass is 16.7. The summed E-state index contributed by atoms with van der Waals surface area (Å²) in [7, 11) is 0. The number of carboxylic acid groups (broad SMARTS) is 1. The Bertz CT molecular complexity index is 1260. The SMILES string of the molecule is Cc1cc(C(=O)O)cc(-c2cc(NC(=O)C3(c4ccc5c(c4)OCO5)CC3)ccc2C)c1. The minimum Gasteiger partial charge on any atom is -0.478 e. The molecule has 1 aliphatic heterocycles. The van der Waals surface area contributed by atoms with Crippen LogP contribution in [-0.4, -0.2) is 23.8 Å². The molecule has 32 heavy (non-hydrogen) atoms. The molecule has 5 rings (SSSR count). The molecule has 0 aromatic heterocycles. The van der Waals surface area contributed by atoms with Crippen LogP contribution in [0.1, 0.15) is 39.9 Å². The van der Waals surface area contributed by atoms with E-state index in [1.54, 1.807) is 12.1 Å². The summed E-state index contributed by atoms with van der Waals surface area (Å²) in [6.07, 6.45) is 1.55. The first-order valence-electron chi connectivity index (χ1n) is 10.5. The summed E-state index contributed by atoms with van der Waals surface area (Å²) >= 11 is 0. The Balaban J connectivity index is 1.43. The Hall–Kier alpha value is -3.80. The first-order valence-corrected chi connectivity index (χ1v) is 10.5. The Morgan fingerprint density at radius 3 is 2.47 bits per heavy atom. The molecular weight excluding hydrogens is 406 g/mol. The van der Waals surface area contributed by atoms with Crippen LogP contribution in [0, 0.1) is 13.8 Å². The van der Waals surface area contributed by atoms with E-state index in [4.69, 9.17) is 9.47 Å². The van der Waals surface area contributed by atoms with Gasteiger partial charge in [-0.2, -0.15) is 0 Å². The molecule has 3 aromatic rings. The third-order valence-corrected chi connectivity index (χ3v) is 6.24. The summed E-state index contributed by atoms with van der Waals surface area (Å²) in [6, 6.07) is 16.7. The van der Waals surface area contributed by atoms with E-state index in [2.05, 4.69) is 5.32 Å². The molecule has 1 heterocycles. The van der Waals surface area contributed by atoms with Crippen molar-refractivity contribution in [1.29, 1.82) is 0 Å². The van der Waals surface area contributed by atoms with Gasteiger partial charge < -0.3 is 19.9 Å². The zero-order valence-electron chi connectivity index (χ0n) is 17.9. The Morgan fingerprint density at radius 1 is 0.938 bits per heavy atom. The van der Waals surface area contributed by atoms with Crippen LogP contribution in [0.5, 0.6) is 11.5 Å². The molecule has 3 aromatic carbocycles. The molecule has 0 bridgehead atoms. The number of carbonyl (C=O) groups excluding carboxylic acids is 1. The number of aryl methyl sites for hydroxylation is 2. The molecule has 1 amide bonds. The highest BCUT2D eigenvalue weighted by Gasteiger charge is 2.51. The quantitative estimate of drug-likeness (QED) is 0.592. The number of nitrogens with one attached hydrogen (secondary N) is 1. The van der Waals surface area contributed by atoms with Gasteiger partial charge in [0.1, 0.15) is 0 Å². The molecule has 1 saturated carbocycles. The molecule has 162 valence electrons. The molecule has 0 saturated heterocycles. The maximum atomic E-state index is 13.3. The fourth-order valence-corrected chi connectivity index (χ4v) is 4.29.